The molecule has 2 rings (SSSR count). The smallest absolute Gasteiger partial charge is 0.348 e. The van der Waals surface area contributed by atoms with E-state index in [-0.39, 0.29) is 12.6 Å². The maximum atomic E-state index is 11.7. The van der Waals surface area contributed by atoms with E-state index in [0.29, 0.717) is 23.7 Å². The van der Waals surface area contributed by atoms with Crippen LogP contribution in [0.25, 0.3) is 10.2 Å². The number of aliphatic hydroxyl groups excluding tert-OH is 1. The topological polar surface area (TPSA) is 84.3 Å². The number of fused-ring (bicyclic) bond motifs is 1. The first-order valence-corrected chi connectivity index (χ1v) is 6.67. The Morgan fingerprint density at radius 3 is 3.00 bits per heavy atom. The molecule has 6 nitrogen and oxygen atoms in total. The van der Waals surface area contributed by atoms with Gasteiger partial charge >= 0.3 is 5.97 Å². The van der Waals surface area contributed by atoms with Crippen molar-refractivity contribution in [1.29, 1.82) is 0 Å². The fraction of sp³-hybridized carbons (Fsp3) is 0.417. The Balaban J connectivity index is 2.43. The first-order valence-electron chi connectivity index (χ1n) is 5.86. The molecule has 7 heteroatoms. The number of aromatic nitrogens is 2. The van der Waals surface area contributed by atoms with Crippen molar-refractivity contribution in [1.82, 2.24) is 9.97 Å². The van der Waals surface area contributed by atoms with E-state index in [0.717, 1.165) is 15.8 Å². The van der Waals surface area contributed by atoms with Crippen molar-refractivity contribution in [2.75, 3.05) is 25.6 Å². The number of hydrogen-bond acceptors (Lipinski definition) is 7. The number of nitrogens with one attached hydrogen (secondary N) is 1. The van der Waals surface area contributed by atoms with Crippen molar-refractivity contribution in [3.05, 3.63) is 16.8 Å². The minimum atomic E-state index is -0.359. The second kappa shape index (κ2) is 5.94. The third-order valence-corrected chi connectivity index (χ3v) is 3.90. The van der Waals surface area contributed by atoms with Crippen molar-refractivity contribution in [2.45, 2.75) is 13.3 Å². The Labute approximate surface area is 114 Å². The Hall–Kier alpha value is -1.73. The van der Waals surface area contributed by atoms with E-state index in [4.69, 9.17) is 9.84 Å². The van der Waals surface area contributed by atoms with Gasteiger partial charge in [0.25, 0.3) is 0 Å². The van der Waals surface area contributed by atoms with Gasteiger partial charge in [0.05, 0.1) is 12.5 Å². The number of carbonyl (C=O) groups is 1. The molecule has 0 amide bonds. The molecule has 0 spiro atoms. The predicted molar refractivity (Wildman–Crippen MR) is 73.7 cm³/mol. The van der Waals surface area contributed by atoms with Crippen LogP contribution >= 0.6 is 11.3 Å². The highest BCUT2D eigenvalue weighted by Crippen LogP contribution is 2.33. The second-order valence-corrected chi connectivity index (χ2v) is 4.95. The number of aryl methyl sites for hydroxylation is 1. The standard InChI is InChI=1S/C12H15N3O3S/c1-7-8-10(13-4-3-5-16)14-6-15-11(8)19-9(7)12(17)18-2/h6,16H,3-5H2,1-2H3,(H,13,14,15). The number of ether oxygens (including phenoxy) is 1. The number of anilines is 1. The summed E-state index contributed by atoms with van der Waals surface area (Å²) in [5, 5.41) is 12.8. The molecule has 2 aromatic heterocycles. The van der Waals surface area contributed by atoms with E-state index in [9.17, 15) is 4.79 Å². The number of methoxy groups -OCH3 is 1. The largest absolute Gasteiger partial charge is 0.465 e. The molecule has 0 bridgehead atoms. The Morgan fingerprint density at radius 1 is 1.53 bits per heavy atom. The van der Waals surface area contributed by atoms with Crippen LogP contribution in [0.15, 0.2) is 6.33 Å². The summed E-state index contributed by atoms with van der Waals surface area (Å²) in [4.78, 5) is 21.3. The first-order chi connectivity index (χ1) is 9.19. The third kappa shape index (κ3) is 2.66. The van der Waals surface area contributed by atoms with Gasteiger partial charge in [-0.05, 0) is 18.9 Å². The molecule has 0 aliphatic carbocycles. The van der Waals surface area contributed by atoms with Crippen molar-refractivity contribution >= 4 is 33.3 Å². The van der Waals surface area contributed by atoms with E-state index >= 15 is 0 Å². The maximum absolute atomic E-state index is 11.7. The molecule has 0 saturated heterocycles. The lowest BCUT2D eigenvalue weighted by atomic mass is 10.2. The molecule has 0 unspecified atom stereocenters. The van der Waals surface area contributed by atoms with Crippen LogP contribution in [-0.4, -0.2) is 41.3 Å². The molecular formula is C12H15N3O3S. The lowest BCUT2D eigenvalue weighted by Gasteiger charge is -2.05. The summed E-state index contributed by atoms with van der Waals surface area (Å²) in [6.07, 6.45) is 2.10. The molecule has 0 aliphatic heterocycles. The number of aliphatic hydroxyl groups is 1. The van der Waals surface area contributed by atoms with Crippen molar-refractivity contribution in [2.24, 2.45) is 0 Å². The van der Waals surface area contributed by atoms with Crippen molar-refractivity contribution < 1.29 is 14.6 Å². The SMILES string of the molecule is COC(=O)c1sc2ncnc(NCCCO)c2c1C. The van der Waals surface area contributed by atoms with Gasteiger partial charge in [-0.2, -0.15) is 0 Å². The highest BCUT2D eigenvalue weighted by atomic mass is 32.1. The predicted octanol–water partition coefficient (Wildman–Crippen LogP) is 1.58. The molecule has 19 heavy (non-hydrogen) atoms. The molecule has 2 aromatic rings. The fourth-order valence-electron chi connectivity index (χ4n) is 1.78. The monoisotopic (exact) mass is 281 g/mol. The summed E-state index contributed by atoms with van der Waals surface area (Å²) < 4.78 is 4.75. The number of nitrogens with zero attached hydrogens (tertiary/aromatic N) is 2. The summed E-state index contributed by atoms with van der Waals surface area (Å²) in [7, 11) is 1.36. The van der Waals surface area contributed by atoms with E-state index in [1.807, 2.05) is 6.92 Å². The van der Waals surface area contributed by atoms with Gasteiger partial charge in [-0.1, -0.05) is 0 Å². The summed E-state index contributed by atoms with van der Waals surface area (Å²) in [6.45, 7) is 2.59. The Kier molecular flexibility index (Phi) is 4.28. The van der Waals surface area contributed by atoms with Crippen LogP contribution in [0.4, 0.5) is 5.82 Å². The van der Waals surface area contributed by atoms with Crippen LogP contribution in [-0.2, 0) is 4.74 Å². The lowest BCUT2D eigenvalue weighted by Crippen LogP contribution is -2.06. The van der Waals surface area contributed by atoms with Gasteiger partial charge in [-0.25, -0.2) is 14.8 Å². The van der Waals surface area contributed by atoms with Gasteiger partial charge in [0.1, 0.15) is 21.9 Å². The molecule has 102 valence electrons. The Morgan fingerprint density at radius 2 is 2.32 bits per heavy atom. The highest BCUT2D eigenvalue weighted by molar-refractivity contribution is 7.20. The van der Waals surface area contributed by atoms with Crippen molar-refractivity contribution in [3.63, 3.8) is 0 Å². The first kappa shape index (κ1) is 13.7. The zero-order chi connectivity index (χ0) is 13.8. The van der Waals surface area contributed by atoms with Crippen LogP contribution in [0.3, 0.4) is 0 Å². The number of rotatable bonds is 5. The minimum absolute atomic E-state index is 0.122. The number of carbonyl (C=O) groups excluding carboxylic acids is 1. The number of thiophene rings is 1. The summed E-state index contributed by atoms with van der Waals surface area (Å²) in [5.41, 5.74) is 0.818. The second-order valence-electron chi connectivity index (χ2n) is 3.95. The molecule has 0 fully saturated rings. The molecule has 0 saturated carbocycles. The molecule has 0 atom stereocenters. The average Bonchev–Trinajstić information content (AvgIpc) is 2.76. The molecule has 2 heterocycles. The van der Waals surface area contributed by atoms with E-state index < -0.39 is 0 Å². The van der Waals surface area contributed by atoms with Crippen LogP contribution < -0.4 is 5.32 Å². The van der Waals surface area contributed by atoms with Gasteiger partial charge < -0.3 is 15.2 Å². The molecule has 0 aliphatic rings. The van der Waals surface area contributed by atoms with Gasteiger partial charge in [-0.15, -0.1) is 11.3 Å². The fourth-order valence-corrected chi connectivity index (χ4v) is 2.85. The highest BCUT2D eigenvalue weighted by Gasteiger charge is 2.19. The van der Waals surface area contributed by atoms with Crippen LogP contribution in [0, 0.1) is 6.92 Å². The summed E-state index contributed by atoms with van der Waals surface area (Å²) >= 11 is 1.29. The maximum Gasteiger partial charge on any atom is 0.348 e. The lowest BCUT2D eigenvalue weighted by molar-refractivity contribution is 0.0605. The van der Waals surface area contributed by atoms with Gasteiger partial charge in [0.15, 0.2) is 0 Å². The van der Waals surface area contributed by atoms with E-state index in [1.165, 1.54) is 24.8 Å². The zero-order valence-electron chi connectivity index (χ0n) is 10.8. The van der Waals surface area contributed by atoms with Crippen LogP contribution in [0.5, 0.6) is 0 Å². The molecule has 0 aromatic carbocycles. The summed E-state index contributed by atoms with van der Waals surface area (Å²) in [5.74, 6) is 0.323. The van der Waals surface area contributed by atoms with Crippen LogP contribution in [0.2, 0.25) is 0 Å². The zero-order valence-corrected chi connectivity index (χ0v) is 11.6. The van der Waals surface area contributed by atoms with Crippen LogP contribution in [0.1, 0.15) is 21.7 Å². The van der Waals surface area contributed by atoms with E-state index in [1.54, 1.807) is 0 Å². The van der Waals surface area contributed by atoms with Crippen molar-refractivity contribution in [3.8, 4) is 0 Å². The number of esters is 1. The van der Waals surface area contributed by atoms with Gasteiger partial charge in [-0.3, -0.25) is 0 Å². The van der Waals surface area contributed by atoms with E-state index in [2.05, 4.69) is 15.3 Å². The van der Waals surface area contributed by atoms with Gasteiger partial charge in [0.2, 0.25) is 0 Å². The average molecular weight is 281 g/mol. The molecule has 0 radical (unpaired) electrons. The molecule has 2 N–H and O–H groups in total. The molecular weight excluding hydrogens is 266 g/mol. The number of hydrogen-bond donors (Lipinski definition) is 2. The summed E-state index contributed by atoms with van der Waals surface area (Å²) in [6, 6.07) is 0. The van der Waals surface area contributed by atoms with Gasteiger partial charge in [0, 0.05) is 13.2 Å². The Bertz CT molecular complexity index is 597. The normalized spacial score (nSPS) is 10.7. The third-order valence-electron chi connectivity index (χ3n) is 2.72. The minimum Gasteiger partial charge on any atom is -0.465 e. The quantitative estimate of drug-likeness (QED) is 0.639.